The van der Waals surface area contributed by atoms with Crippen LogP contribution in [0.5, 0.6) is 0 Å². The molecule has 1 unspecified atom stereocenters. The van der Waals surface area contributed by atoms with Crippen LogP contribution in [-0.4, -0.2) is 29.1 Å². The number of hydrazine groups is 1. The zero-order valence-electron chi connectivity index (χ0n) is 13.0. The topological polar surface area (TPSA) is 69.6 Å². The predicted molar refractivity (Wildman–Crippen MR) is 109 cm³/mol. The van der Waals surface area contributed by atoms with Crippen molar-refractivity contribution in [2.45, 2.75) is 11.1 Å². The highest BCUT2D eigenvalue weighted by molar-refractivity contribution is 8.26. The molecule has 5 nitrogen and oxygen atoms in total. The second kappa shape index (κ2) is 7.85. The lowest BCUT2D eigenvalue weighted by atomic mass is 10.2. The SMILES string of the molecule is O=S(=O)(NN1C(=S)S/C(=C\c2ccc(Cl)c(Cl)c2)C1O)c1ccccc1. The summed E-state index contributed by atoms with van der Waals surface area (Å²) >= 11 is 18.2. The highest BCUT2D eigenvalue weighted by atomic mass is 35.5. The Kier molecular flexibility index (Phi) is 5.93. The fourth-order valence-electron chi connectivity index (χ4n) is 2.17. The summed E-state index contributed by atoms with van der Waals surface area (Å²) in [6.45, 7) is 0. The van der Waals surface area contributed by atoms with Gasteiger partial charge in [-0.25, -0.2) is 13.4 Å². The van der Waals surface area contributed by atoms with Crippen molar-refractivity contribution in [3.63, 3.8) is 0 Å². The largest absolute Gasteiger partial charge is 0.368 e. The molecule has 3 rings (SSSR count). The van der Waals surface area contributed by atoms with E-state index in [1.165, 1.54) is 12.1 Å². The summed E-state index contributed by atoms with van der Waals surface area (Å²) in [4.78, 5) is 2.85. The smallest absolute Gasteiger partial charge is 0.257 e. The van der Waals surface area contributed by atoms with Crippen LogP contribution in [0.25, 0.3) is 6.08 Å². The average Bonchev–Trinajstić information content (AvgIpc) is 2.86. The molecule has 1 saturated heterocycles. The molecule has 1 atom stereocenters. The summed E-state index contributed by atoms with van der Waals surface area (Å²) in [7, 11) is -3.87. The van der Waals surface area contributed by atoms with Gasteiger partial charge in [-0.1, -0.05) is 71.4 Å². The quantitative estimate of drug-likeness (QED) is 0.694. The van der Waals surface area contributed by atoms with E-state index in [0.29, 0.717) is 20.5 Å². The molecule has 136 valence electrons. The maximum absolute atomic E-state index is 12.4. The van der Waals surface area contributed by atoms with Crippen molar-refractivity contribution in [3.05, 3.63) is 69.0 Å². The lowest BCUT2D eigenvalue weighted by molar-refractivity contribution is 0.0880. The van der Waals surface area contributed by atoms with E-state index in [-0.39, 0.29) is 9.22 Å². The maximum atomic E-state index is 12.4. The zero-order chi connectivity index (χ0) is 18.9. The zero-order valence-corrected chi connectivity index (χ0v) is 16.9. The van der Waals surface area contributed by atoms with E-state index in [0.717, 1.165) is 16.8 Å². The van der Waals surface area contributed by atoms with E-state index in [2.05, 4.69) is 4.83 Å². The molecule has 0 aromatic heterocycles. The number of nitrogens with one attached hydrogen (secondary N) is 1. The van der Waals surface area contributed by atoms with Gasteiger partial charge >= 0.3 is 0 Å². The van der Waals surface area contributed by atoms with Crippen LogP contribution in [0.3, 0.4) is 0 Å². The number of aliphatic hydroxyl groups is 1. The van der Waals surface area contributed by atoms with E-state index in [1.54, 1.807) is 42.5 Å². The first kappa shape index (κ1) is 19.6. The number of halogens is 2. The molecule has 1 fully saturated rings. The fraction of sp³-hybridized carbons (Fsp3) is 0.0625. The van der Waals surface area contributed by atoms with Crippen LogP contribution in [0.15, 0.2) is 58.3 Å². The molecule has 2 aromatic rings. The molecule has 0 bridgehead atoms. The van der Waals surface area contributed by atoms with Crippen molar-refractivity contribution in [1.29, 1.82) is 0 Å². The summed E-state index contributed by atoms with van der Waals surface area (Å²) < 4.78 is 25.1. The minimum absolute atomic E-state index is 0.0712. The Morgan fingerprint density at radius 2 is 1.85 bits per heavy atom. The number of aliphatic hydroxyl groups excluding tert-OH is 1. The van der Waals surface area contributed by atoms with Gasteiger partial charge in [0.15, 0.2) is 10.5 Å². The van der Waals surface area contributed by atoms with Gasteiger partial charge in [0.05, 0.1) is 14.9 Å². The second-order valence-corrected chi connectivity index (χ2v) is 9.42. The molecule has 1 heterocycles. The van der Waals surface area contributed by atoms with E-state index < -0.39 is 16.3 Å². The first-order valence-corrected chi connectivity index (χ1v) is 10.7. The van der Waals surface area contributed by atoms with Gasteiger partial charge in [0.2, 0.25) is 0 Å². The molecule has 10 heteroatoms. The molecule has 1 aliphatic heterocycles. The Balaban J connectivity index is 1.84. The van der Waals surface area contributed by atoms with E-state index in [1.807, 2.05) is 0 Å². The van der Waals surface area contributed by atoms with Crippen LogP contribution in [0.1, 0.15) is 5.56 Å². The number of hydrogen-bond acceptors (Lipinski definition) is 5. The van der Waals surface area contributed by atoms with Gasteiger partial charge in [-0.05, 0) is 35.9 Å². The average molecular weight is 447 g/mol. The molecule has 1 aliphatic rings. The minimum atomic E-state index is -3.87. The van der Waals surface area contributed by atoms with Gasteiger partial charge in [0.25, 0.3) is 10.0 Å². The monoisotopic (exact) mass is 446 g/mol. The van der Waals surface area contributed by atoms with Crippen LogP contribution in [0.2, 0.25) is 10.0 Å². The van der Waals surface area contributed by atoms with Crippen molar-refractivity contribution in [2.75, 3.05) is 0 Å². The second-order valence-electron chi connectivity index (χ2n) is 5.24. The summed E-state index contributed by atoms with van der Waals surface area (Å²) in [5.41, 5.74) is 0.705. The number of thiocarbonyl (C=S) groups is 1. The number of benzene rings is 2. The molecule has 0 aliphatic carbocycles. The number of rotatable bonds is 4. The van der Waals surface area contributed by atoms with Crippen LogP contribution in [0.4, 0.5) is 0 Å². The highest BCUT2D eigenvalue weighted by Crippen LogP contribution is 2.35. The van der Waals surface area contributed by atoms with E-state index >= 15 is 0 Å². The van der Waals surface area contributed by atoms with Gasteiger partial charge in [0, 0.05) is 4.91 Å². The predicted octanol–water partition coefficient (Wildman–Crippen LogP) is 3.88. The molecule has 0 amide bonds. The fourth-order valence-corrected chi connectivity index (χ4v) is 4.95. The minimum Gasteiger partial charge on any atom is -0.368 e. The first-order valence-electron chi connectivity index (χ1n) is 7.21. The van der Waals surface area contributed by atoms with Crippen molar-refractivity contribution in [2.24, 2.45) is 0 Å². The Morgan fingerprint density at radius 1 is 1.15 bits per heavy atom. The third kappa shape index (κ3) is 4.23. The number of sulfonamides is 1. The van der Waals surface area contributed by atoms with Gasteiger partial charge in [-0.2, -0.15) is 0 Å². The van der Waals surface area contributed by atoms with Crippen LogP contribution in [0, 0.1) is 0 Å². The van der Waals surface area contributed by atoms with Crippen LogP contribution >= 0.6 is 47.2 Å². The Morgan fingerprint density at radius 3 is 2.50 bits per heavy atom. The third-order valence-electron chi connectivity index (χ3n) is 3.43. The van der Waals surface area contributed by atoms with Gasteiger partial charge < -0.3 is 5.11 Å². The van der Waals surface area contributed by atoms with Crippen LogP contribution in [-0.2, 0) is 10.0 Å². The van der Waals surface area contributed by atoms with Crippen LogP contribution < -0.4 is 4.83 Å². The van der Waals surface area contributed by atoms with Gasteiger partial charge in [-0.15, -0.1) is 4.83 Å². The molecular formula is C16H12Cl2N2O3S3. The number of nitrogens with zero attached hydrogens (tertiary/aromatic N) is 1. The number of hydrogen-bond donors (Lipinski definition) is 2. The standard InChI is InChI=1S/C16H12Cl2N2O3S3/c17-12-7-6-10(8-13(12)18)9-14-15(21)20(16(24)25-14)19-26(22,23)11-4-2-1-3-5-11/h1-9,15,19,21H/b14-9-. The van der Waals surface area contributed by atoms with Crippen molar-refractivity contribution < 1.29 is 13.5 Å². The normalized spacial score (nSPS) is 19.3. The van der Waals surface area contributed by atoms with E-state index in [4.69, 9.17) is 35.4 Å². The molecule has 2 aromatic carbocycles. The Labute approximate surface area is 170 Å². The van der Waals surface area contributed by atoms with Gasteiger partial charge in [-0.3, -0.25) is 0 Å². The third-order valence-corrected chi connectivity index (χ3v) is 6.88. The molecular weight excluding hydrogens is 435 g/mol. The van der Waals surface area contributed by atoms with E-state index in [9.17, 15) is 13.5 Å². The summed E-state index contributed by atoms with van der Waals surface area (Å²) in [5.74, 6) is 0. The van der Waals surface area contributed by atoms with Crippen molar-refractivity contribution in [1.82, 2.24) is 9.84 Å². The Hall–Kier alpha value is -1.13. The first-order chi connectivity index (χ1) is 12.3. The number of thioether (sulfide) groups is 1. The summed E-state index contributed by atoms with van der Waals surface area (Å²) in [6.07, 6.45) is 0.418. The van der Waals surface area contributed by atoms with Crippen molar-refractivity contribution in [3.8, 4) is 0 Å². The highest BCUT2D eigenvalue weighted by Gasteiger charge is 2.35. The maximum Gasteiger partial charge on any atom is 0.257 e. The lowest BCUT2D eigenvalue weighted by Crippen LogP contribution is -2.46. The van der Waals surface area contributed by atoms with Gasteiger partial charge in [0.1, 0.15) is 0 Å². The Bertz CT molecular complexity index is 981. The summed E-state index contributed by atoms with van der Waals surface area (Å²) in [6, 6.07) is 12.8. The molecule has 2 N–H and O–H groups in total. The lowest BCUT2D eigenvalue weighted by Gasteiger charge is -2.21. The molecule has 0 saturated carbocycles. The molecule has 26 heavy (non-hydrogen) atoms. The molecule has 0 spiro atoms. The molecule has 0 radical (unpaired) electrons. The summed E-state index contributed by atoms with van der Waals surface area (Å²) in [5, 5.41) is 12.3. The van der Waals surface area contributed by atoms with Crippen molar-refractivity contribution >= 4 is 67.6 Å².